The Labute approximate surface area is 115 Å². The zero-order valence-electron chi connectivity index (χ0n) is 10.6. The third-order valence-corrected chi connectivity index (χ3v) is 4.16. The molecular weight excluding hydrogens is 261 g/mol. The van der Waals surface area contributed by atoms with E-state index in [1.807, 2.05) is 12.2 Å². The number of hydrogen-bond acceptors (Lipinski definition) is 2. The van der Waals surface area contributed by atoms with Crippen LogP contribution in [0.2, 0.25) is 0 Å². The van der Waals surface area contributed by atoms with E-state index in [0.717, 1.165) is 6.42 Å². The van der Waals surface area contributed by atoms with E-state index in [0.29, 0.717) is 5.69 Å². The quantitative estimate of drug-likeness (QED) is 0.832. The van der Waals surface area contributed by atoms with Crippen LogP contribution in [0.15, 0.2) is 36.4 Å². The third kappa shape index (κ3) is 2.09. The summed E-state index contributed by atoms with van der Waals surface area (Å²) in [4.78, 5) is 23.6. The van der Waals surface area contributed by atoms with Crippen molar-refractivity contribution >= 4 is 17.6 Å². The predicted octanol–water partition coefficient (Wildman–Crippen LogP) is 2.29. The van der Waals surface area contributed by atoms with E-state index in [9.17, 15) is 19.1 Å². The average molecular weight is 275 g/mol. The lowest BCUT2D eigenvalue weighted by Crippen LogP contribution is -2.36. The average Bonchev–Trinajstić information content (AvgIpc) is 3.01. The van der Waals surface area contributed by atoms with Crippen molar-refractivity contribution in [2.75, 3.05) is 5.32 Å². The molecule has 1 aromatic rings. The highest BCUT2D eigenvalue weighted by Crippen LogP contribution is 2.48. The zero-order chi connectivity index (χ0) is 14.3. The summed E-state index contributed by atoms with van der Waals surface area (Å²) in [6.07, 6.45) is 4.54. The van der Waals surface area contributed by atoms with E-state index in [1.54, 1.807) is 0 Å². The van der Waals surface area contributed by atoms with Crippen LogP contribution in [0.4, 0.5) is 10.1 Å². The molecule has 1 saturated carbocycles. The maximum absolute atomic E-state index is 12.8. The number of amides is 1. The van der Waals surface area contributed by atoms with Crippen LogP contribution >= 0.6 is 0 Å². The fourth-order valence-corrected chi connectivity index (χ4v) is 3.28. The molecule has 0 aromatic heterocycles. The number of carbonyl (C=O) groups is 2. The Morgan fingerprint density at radius 1 is 1.10 bits per heavy atom. The molecular formula is C15H14FNO3. The van der Waals surface area contributed by atoms with Gasteiger partial charge in [0.05, 0.1) is 11.8 Å². The van der Waals surface area contributed by atoms with Crippen LogP contribution in [-0.2, 0) is 9.59 Å². The molecule has 0 spiro atoms. The van der Waals surface area contributed by atoms with Crippen LogP contribution in [0.3, 0.4) is 0 Å². The molecule has 2 N–H and O–H groups in total. The SMILES string of the molecule is O=C(O)[C@@H]1[C@H](C(=O)Nc2ccc(F)cc2)[C@H]2C=C[C@@H]1C2. The number of hydrogen-bond donors (Lipinski definition) is 2. The van der Waals surface area contributed by atoms with Crippen molar-refractivity contribution in [1.82, 2.24) is 0 Å². The molecule has 104 valence electrons. The molecule has 20 heavy (non-hydrogen) atoms. The predicted molar refractivity (Wildman–Crippen MR) is 70.4 cm³/mol. The third-order valence-electron chi connectivity index (χ3n) is 4.16. The van der Waals surface area contributed by atoms with Gasteiger partial charge in [0, 0.05) is 5.69 Å². The van der Waals surface area contributed by atoms with E-state index >= 15 is 0 Å². The van der Waals surface area contributed by atoms with E-state index in [2.05, 4.69) is 5.32 Å². The lowest BCUT2D eigenvalue weighted by atomic mass is 9.82. The first-order chi connectivity index (χ1) is 9.56. The molecule has 3 rings (SSSR count). The van der Waals surface area contributed by atoms with E-state index in [4.69, 9.17) is 0 Å². The Hall–Kier alpha value is -2.17. The minimum atomic E-state index is -0.930. The van der Waals surface area contributed by atoms with Crippen LogP contribution in [0.1, 0.15) is 6.42 Å². The number of carboxylic acids is 1. The second-order valence-electron chi connectivity index (χ2n) is 5.33. The summed E-state index contributed by atoms with van der Waals surface area (Å²) in [5.74, 6) is -2.89. The first-order valence-corrected chi connectivity index (χ1v) is 6.54. The highest BCUT2D eigenvalue weighted by atomic mass is 19.1. The topological polar surface area (TPSA) is 66.4 Å². The molecule has 0 unspecified atom stereocenters. The number of halogens is 1. The highest BCUT2D eigenvalue weighted by Gasteiger charge is 2.51. The molecule has 2 aliphatic rings. The fourth-order valence-electron chi connectivity index (χ4n) is 3.28. The smallest absolute Gasteiger partial charge is 0.307 e. The van der Waals surface area contributed by atoms with E-state index in [1.165, 1.54) is 24.3 Å². The minimum Gasteiger partial charge on any atom is -0.481 e. The summed E-state index contributed by atoms with van der Waals surface area (Å²) in [6.45, 7) is 0. The van der Waals surface area contributed by atoms with Crippen LogP contribution < -0.4 is 5.32 Å². The van der Waals surface area contributed by atoms with E-state index < -0.39 is 17.8 Å². The van der Waals surface area contributed by atoms with E-state index in [-0.39, 0.29) is 23.6 Å². The number of anilines is 1. The molecule has 1 aromatic carbocycles. The molecule has 2 bridgehead atoms. The van der Waals surface area contributed by atoms with Gasteiger partial charge in [0.15, 0.2) is 0 Å². The first-order valence-electron chi connectivity index (χ1n) is 6.54. The van der Waals surface area contributed by atoms with Gasteiger partial charge in [-0.1, -0.05) is 12.2 Å². The van der Waals surface area contributed by atoms with Gasteiger partial charge in [-0.3, -0.25) is 9.59 Å². The fraction of sp³-hybridized carbons (Fsp3) is 0.333. The van der Waals surface area contributed by atoms with Gasteiger partial charge < -0.3 is 10.4 Å². The number of nitrogens with one attached hydrogen (secondary N) is 1. The van der Waals surface area contributed by atoms with Crippen molar-refractivity contribution in [1.29, 1.82) is 0 Å². The summed E-state index contributed by atoms with van der Waals surface area (Å²) in [5, 5.41) is 12.0. The lowest BCUT2D eigenvalue weighted by molar-refractivity contribution is -0.146. The van der Waals surface area contributed by atoms with Crippen LogP contribution in [0.5, 0.6) is 0 Å². The summed E-state index contributed by atoms with van der Waals surface area (Å²) >= 11 is 0. The number of benzene rings is 1. The summed E-state index contributed by atoms with van der Waals surface area (Å²) in [6, 6.07) is 5.44. The second-order valence-corrected chi connectivity index (χ2v) is 5.33. The highest BCUT2D eigenvalue weighted by molar-refractivity contribution is 5.96. The molecule has 1 amide bonds. The monoisotopic (exact) mass is 275 g/mol. The van der Waals surface area contributed by atoms with Gasteiger partial charge in [0.2, 0.25) is 5.91 Å². The first kappa shape index (κ1) is 12.8. The van der Waals surface area contributed by atoms with Gasteiger partial charge in [-0.15, -0.1) is 0 Å². The van der Waals surface area contributed by atoms with Crippen molar-refractivity contribution < 1.29 is 19.1 Å². The number of carbonyl (C=O) groups excluding carboxylic acids is 1. The van der Waals surface area contributed by atoms with Gasteiger partial charge in [0.1, 0.15) is 5.82 Å². The standard InChI is InChI=1S/C15H14FNO3/c16-10-3-5-11(6-4-10)17-14(18)12-8-1-2-9(7-8)13(12)15(19)20/h1-6,8-9,12-13H,7H2,(H,17,18)(H,19,20)/t8-,9+,12+,13-/m0/s1. The number of rotatable bonds is 3. The summed E-state index contributed by atoms with van der Waals surface area (Å²) in [7, 11) is 0. The van der Waals surface area contributed by atoms with Crippen molar-refractivity contribution in [3.8, 4) is 0 Å². The number of fused-ring (bicyclic) bond motifs is 2. The summed E-state index contributed by atoms with van der Waals surface area (Å²) < 4.78 is 12.8. The number of carboxylic acid groups (broad SMARTS) is 1. The molecule has 1 fully saturated rings. The van der Waals surface area contributed by atoms with Gasteiger partial charge >= 0.3 is 5.97 Å². The Morgan fingerprint density at radius 2 is 1.70 bits per heavy atom. The number of allylic oxidation sites excluding steroid dienone is 2. The van der Waals surface area contributed by atoms with Crippen molar-refractivity contribution in [3.63, 3.8) is 0 Å². The molecule has 2 aliphatic carbocycles. The van der Waals surface area contributed by atoms with Crippen LogP contribution in [0.25, 0.3) is 0 Å². The van der Waals surface area contributed by atoms with Gasteiger partial charge in [-0.2, -0.15) is 0 Å². The van der Waals surface area contributed by atoms with Crippen molar-refractivity contribution in [2.45, 2.75) is 6.42 Å². The summed E-state index contributed by atoms with van der Waals surface area (Å²) in [5.41, 5.74) is 0.479. The Bertz CT molecular complexity index is 581. The van der Waals surface area contributed by atoms with Gasteiger partial charge in [-0.05, 0) is 42.5 Å². The molecule has 0 radical (unpaired) electrons. The lowest BCUT2D eigenvalue weighted by Gasteiger charge is -2.23. The van der Waals surface area contributed by atoms with Gasteiger partial charge in [0.25, 0.3) is 0 Å². The maximum Gasteiger partial charge on any atom is 0.307 e. The normalized spacial score (nSPS) is 30.4. The molecule has 5 heteroatoms. The Balaban J connectivity index is 1.78. The molecule has 0 aliphatic heterocycles. The molecule has 0 saturated heterocycles. The Morgan fingerprint density at radius 3 is 2.30 bits per heavy atom. The molecule has 0 heterocycles. The zero-order valence-corrected chi connectivity index (χ0v) is 10.6. The maximum atomic E-state index is 12.8. The molecule has 4 atom stereocenters. The second kappa shape index (κ2) is 4.74. The Kier molecular flexibility index (Phi) is 3.04. The van der Waals surface area contributed by atoms with Gasteiger partial charge in [-0.25, -0.2) is 4.39 Å². The van der Waals surface area contributed by atoms with Crippen LogP contribution in [-0.4, -0.2) is 17.0 Å². The van der Waals surface area contributed by atoms with Crippen molar-refractivity contribution in [3.05, 3.63) is 42.2 Å². The largest absolute Gasteiger partial charge is 0.481 e. The molecule has 4 nitrogen and oxygen atoms in total. The van der Waals surface area contributed by atoms with Crippen LogP contribution in [0, 0.1) is 29.5 Å². The van der Waals surface area contributed by atoms with Crippen molar-refractivity contribution in [2.24, 2.45) is 23.7 Å². The minimum absolute atomic E-state index is 0.0125. The number of aliphatic carboxylic acids is 1.